The standard InChI is InChI=1S/C10H15NO2/c1-7-6-12-10(3,11-7)9-5-4-8(2)13-9/h4-5,7,11H,6H2,1-3H3. The molecule has 0 aromatic carbocycles. The van der Waals surface area contributed by atoms with E-state index in [0.29, 0.717) is 6.04 Å². The first-order valence-corrected chi connectivity index (χ1v) is 4.59. The smallest absolute Gasteiger partial charge is 0.175 e. The largest absolute Gasteiger partial charge is 0.462 e. The highest BCUT2D eigenvalue weighted by molar-refractivity contribution is 5.13. The summed E-state index contributed by atoms with van der Waals surface area (Å²) in [4.78, 5) is 0. The molecule has 1 saturated heterocycles. The average molecular weight is 181 g/mol. The number of aryl methyl sites for hydroxylation is 1. The van der Waals surface area contributed by atoms with Crippen LogP contribution in [0.2, 0.25) is 0 Å². The molecule has 0 radical (unpaired) electrons. The predicted molar refractivity (Wildman–Crippen MR) is 49.3 cm³/mol. The van der Waals surface area contributed by atoms with Gasteiger partial charge >= 0.3 is 0 Å². The molecule has 0 aliphatic carbocycles. The Hall–Kier alpha value is -0.800. The zero-order valence-electron chi connectivity index (χ0n) is 8.26. The van der Waals surface area contributed by atoms with Crippen molar-refractivity contribution < 1.29 is 9.15 Å². The second kappa shape index (κ2) is 2.86. The van der Waals surface area contributed by atoms with Gasteiger partial charge in [0.05, 0.1) is 6.61 Å². The summed E-state index contributed by atoms with van der Waals surface area (Å²) in [6, 6.07) is 4.30. The van der Waals surface area contributed by atoms with E-state index in [-0.39, 0.29) is 0 Å². The number of rotatable bonds is 1. The van der Waals surface area contributed by atoms with E-state index < -0.39 is 5.72 Å². The Morgan fingerprint density at radius 2 is 2.31 bits per heavy atom. The Morgan fingerprint density at radius 1 is 1.54 bits per heavy atom. The maximum atomic E-state index is 5.65. The van der Waals surface area contributed by atoms with Crippen molar-refractivity contribution in [3.63, 3.8) is 0 Å². The van der Waals surface area contributed by atoms with Gasteiger partial charge in [0.1, 0.15) is 5.76 Å². The summed E-state index contributed by atoms with van der Waals surface area (Å²) < 4.78 is 11.2. The van der Waals surface area contributed by atoms with Crippen molar-refractivity contribution in [1.82, 2.24) is 5.32 Å². The second-order valence-electron chi connectivity index (χ2n) is 3.80. The topological polar surface area (TPSA) is 34.4 Å². The van der Waals surface area contributed by atoms with E-state index in [9.17, 15) is 0 Å². The lowest BCUT2D eigenvalue weighted by Crippen LogP contribution is -2.37. The van der Waals surface area contributed by atoms with Gasteiger partial charge in [0.2, 0.25) is 0 Å². The molecule has 2 unspecified atom stereocenters. The van der Waals surface area contributed by atoms with Crippen molar-refractivity contribution in [3.8, 4) is 0 Å². The number of hydrogen-bond donors (Lipinski definition) is 1. The summed E-state index contributed by atoms with van der Waals surface area (Å²) in [7, 11) is 0. The molecule has 0 spiro atoms. The van der Waals surface area contributed by atoms with Crippen LogP contribution in [0.5, 0.6) is 0 Å². The van der Waals surface area contributed by atoms with Crippen molar-refractivity contribution >= 4 is 0 Å². The van der Waals surface area contributed by atoms with Gasteiger partial charge in [0.25, 0.3) is 0 Å². The van der Waals surface area contributed by atoms with Gasteiger partial charge in [0.15, 0.2) is 11.5 Å². The number of ether oxygens (including phenoxy) is 1. The number of hydrogen-bond acceptors (Lipinski definition) is 3. The molecule has 0 bridgehead atoms. The quantitative estimate of drug-likeness (QED) is 0.717. The van der Waals surface area contributed by atoms with Crippen LogP contribution in [0.25, 0.3) is 0 Å². The zero-order chi connectivity index (χ0) is 9.47. The molecular weight excluding hydrogens is 166 g/mol. The zero-order valence-corrected chi connectivity index (χ0v) is 8.26. The van der Waals surface area contributed by atoms with Gasteiger partial charge in [-0.15, -0.1) is 0 Å². The summed E-state index contributed by atoms with van der Waals surface area (Å²) in [5, 5.41) is 3.34. The first kappa shape index (κ1) is 8.78. The molecule has 72 valence electrons. The van der Waals surface area contributed by atoms with Crippen LogP contribution in [0.4, 0.5) is 0 Å². The molecule has 2 heterocycles. The third-order valence-corrected chi connectivity index (χ3v) is 2.35. The Kier molecular flexibility index (Phi) is 1.93. The van der Waals surface area contributed by atoms with Gasteiger partial charge in [-0.3, -0.25) is 5.32 Å². The Labute approximate surface area is 78.1 Å². The summed E-state index contributed by atoms with van der Waals surface area (Å²) in [6.07, 6.45) is 0. The van der Waals surface area contributed by atoms with Crippen molar-refractivity contribution in [2.45, 2.75) is 32.5 Å². The Morgan fingerprint density at radius 3 is 2.77 bits per heavy atom. The van der Waals surface area contributed by atoms with Crippen molar-refractivity contribution in [2.75, 3.05) is 6.61 Å². The predicted octanol–water partition coefficient (Wildman–Crippen LogP) is 1.77. The molecule has 1 aliphatic heterocycles. The fourth-order valence-electron chi connectivity index (χ4n) is 1.68. The van der Waals surface area contributed by atoms with Gasteiger partial charge in [-0.05, 0) is 32.9 Å². The fraction of sp³-hybridized carbons (Fsp3) is 0.600. The van der Waals surface area contributed by atoms with Gasteiger partial charge in [-0.2, -0.15) is 0 Å². The Balaban J connectivity index is 2.25. The van der Waals surface area contributed by atoms with Crippen LogP contribution in [0.1, 0.15) is 25.4 Å². The van der Waals surface area contributed by atoms with E-state index in [1.54, 1.807) is 0 Å². The molecule has 2 rings (SSSR count). The minimum atomic E-state index is -0.437. The minimum Gasteiger partial charge on any atom is -0.462 e. The van der Waals surface area contributed by atoms with Gasteiger partial charge in [-0.25, -0.2) is 0 Å². The van der Waals surface area contributed by atoms with Crippen LogP contribution >= 0.6 is 0 Å². The molecule has 0 saturated carbocycles. The van der Waals surface area contributed by atoms with Gasteiger partial charge < -0.3 is 9.15 Å². The van der Waals surface area contributed by atoms with Gasteiger partial charge in [-0.1, -0.05) is 0 Å². The summed E-state index contributed by atoms with van der Waals surface area (Å²) in [5.74, 6) is 1.77. The van der Waals surface area contributed by atoms with Crippen LogP contribution in [0.15, 0.2) is 16.5 Å². The molecule has 0 amide bonds. The Bertz CT molecular complexity index is 308. The van der Waals surface area contributed by atoms with E-state index in [2.05, 4.69) is 12.2 Å². The lowest BCUT2D eigenvalue weighted by atomic mass is 10.2. The molecule has 1 aromatic rings. The molecule has 1 fully saturated rings. The molecule has 3 nitrogen and oxygen atoms in total. The second-order valence-corrected chi connectivity index (χ2v) is 3.80. The molecule has 3 heteroatoms. The molecule has 1 aliphatic rings. The first-order valence-electron chi connectivity index (χ1n) is 4.59. The van der Waals surface area contributed by atoms with Crippen molar-refractivity contribution in [2.24, 2.45) is 0 Å². The SMILES string of the molecule is Cc1ccc(C2(C)NC(C)CO2)o1. The van der Waals surface area contributed by atoms with Crippen LogP contribution in [0, 0.1) is 6.92 Å². The highest BCUT2D eigenvalue weighted by atomic mass is 16.5. The third kappa shape index (κ3) is 1.49. The minimum absolute atomic E-state index is 0.385. The van der Waals surface area contributed by atoms with Gasteiger partial charge in [0, 0.05) is 6.04 Å². The fourth-order valence-corrected chi connectivity index (χ4v) is 1.68. The number of nitrogens with one attached hydrogen (secondary N) is 1. The lowest BCUT2D eigenvalue weighted by Gasteiger charge is -2.21. The monoisotopic (exact) mass is 181 g/mol. The highest BCUT2D eigenvalue weighted by Crippen LogP contribution is 2.28. The lowest BCUT2D eigenvalue weighted by molar-refractivity contribution is -0.0158. The van der Waals surface area contributed by atoms with E-state index in [0.717, 1.165) is 18.1 Å². The first-order chi connectivity index (χ1) is 6.10. The van der Waals surface area contributed by atoms with E-state index in [1.807, 2.05) is 26.0 Å². The summed E-state index contributed by atoms with van der Waals surface area (Å²) >= 11 is 0. The molecule has 2 atom stereocenters. The molecule has 13 heavy (non-hydrogen) atoms. The average Bonchev–Trinajstić information content (AvgIpc) is 2.60. The van der Waals surface area contributed by atoms with E-state index in [1.165, 1.54) is 0 Å². The summed E-state index contributed by atoms with van der Waals surface area (Å²) in [5.41, 5.74) is -0.437. The van der Waals surface area contributed by atoms with Crippen molar-refractivity contribution in [3.05, 3.63) is 23.7 Å². The van der Waals surface area contributed by atoms with E-state index >= 15 is 0 Å². The van der Waals surface area contributed by atoms with Crippen molar-refractivity contribution in [1.29, 1.82) is 0 Å². The molecule has 1 N–H and O–H groups in total. The van der Waals surface area contributed by atoms with E-state index in [4.69, 9.17) is 9.15 Å². The summed E-state index contributed by atoms with van der Waals surface area (Å²) in [6.45, 7) is 6.76. The van der Waals surface area contributed by atoms with Crippen LogP contribution in [-0.2, 0) is 10.5 Å². The molecule has 1 aromatic heterocycles. The van der Waals surface area contributed by atoms with Crippen LogP contribution < -0.4 is 5.32 Å². The highest BCUT2D eigenvalue weighted by Gasteiger charge is 2.37. The normalized spacial score (nSPS) is 33.9. The number of furan rings is 1. The van der Waals surface area contributed by atoms with Crippen LogP contribution in [-0.4, -0.2) is 12.6 Å². The maximum absolute atomic E-state index is 5.65. The third-order valence-electron chi connectivity index (χ3n) is 2.35. The maximum Gasteiger partial charge on any atom is 0.175 e. The van der Waals surface area contributed by atoms with Crippen LogP contribution in [0.3, 0.4) is 0 Å². The molecular formula is C10H15NO2.